The maximum Gasteiger partial charge on any atom is -0.00120 e. The third-order valence-electron chi connectivity index (χ3n) is 1.73. The molecule has 0 heteroatoms. The van der Waals surface area contributed by atoms with Gasteiger partial charge in [-0.3, -0.25) is 0 Å². The minimum atomic E-state index is 1.13. The van der Waals surface area contributed by atoms with Crippen molar-refractivity contribution in [1.82, 2.24) is 0 Å². The van der Waals surface area contributed by atoms with Crippen LogP contribution in [0.2, 0.25) is 0 Å². The van der Waals surface area contributed by atoms with Crippen LogP contribution in [0.15, 0.2) is 36.9 Å². The Hall–Kier alpha value is -1.04. The molecule has 0 nitrogen and oxygen atoms in total. The van der Waals surface area contributed by atoms with E-state index in [2.05, 4.69) is 32.6 Å². The average Bonchev–Trinajstić information content (AvgIpc) is 2.05. The number of rotatable bonds is 2. The third-order valence-corrected chi connectivity index (χ3v) is 1.73. The van der Waals surface area contributed by atoms with Gasteiger partial charge in [-0.25, -0.2) is 0 Å². The van der Waals surface area contributed by atoms with Gasteiger partial charge in [0.15, 0.2) is 0 Å². The lowest BCUT2D eigenvalue weighted by Gasteiger charge is -2.07. The molecule has 0 bridgehead atoms. The van der Waals surface area contributed by atoms with Gasteiger partial charge in [0.25, 0.3) is 0 Å². The SMILES string of the molecule is C=C([C](C)C)c1ccccc1. The van der Waals surface area contributed by atoms with Crippen LogP contribution in [0.1, 0.15) is 19.4 Å². The highest BCUT2D eigenvalue weighted by molar-refractivity contribution is 5.72. The van der Waals surface area contributed by atoms with Crippen molar-refractivity contribution in [1.29, 1.82) is 0 Å². The summed E-state index contributed by atoms with van der Waals surface area (Å²) in [5, 5.41) is 0. The van der Waals surface area contributed by atoms with Crippen molar-refractivity contribution in [3.8, 4) is 0 Å². The molecular weight excluding hydrogens is 132 g/mol. The number of benzene rings is 1. The molecular formula is C11H13. The molecule has 1 rings (SSSR count). The first-order valence-electron chi connectivity index (χ1n) is 3.76. The quantitative estimate of drug-likeness (QED) is 0.599. The van der Waals surface area contributed by atoms with E-state index in [4.69, 9.17) is 0 Å². The molecule has 0 aromatic heterocycles. The molecule has 0 aliphatic carbocycles. The van der Waals surface area contributed by atoms with Gasteiger partial charge in [-0.05, 0) is 17.1 Å². The monoisotopic (exact) mass is 145 g/mol. The topological polar surface area (TPSA) is 0 Å². The van der Waals surface area contributed by atoms with Crippen LogP contribution >= 0.6 is 0 Å². The molecule has 0 aliphatic heterocycles. The van der Waals surface area contributed by atoms with Gasteiger partial charge in [0.1, 0.15) is 0 Å². The van der Waals surface area contributed by atoms with Crippen LogP contribution < -0.4 is 0 Å². The van der Waals surface area contributed by atoms with Gasteiger partial charge in [-0.1, -0.05) is 50.8 Å². The molecule has 0 unspecified atom stereocenters. The van der Waals surface area contributed by atoms with Crippen molar-refractivity contribution in [3.05, 3.63) is 48.4 Å². The highest BCUT2D eigenvalue weighted by atomic mass is 14.1. The first-order valence-corrected chi connectivity index (χ1v) is 3.76. The molecule has 0 heterocycles. The minimum absolute atomic E-state index is 1.13. The highest BCUT2D eigenvalue weighted by Crippen LogP contribution is 2.21. The summed E-state index contributed by atoms with van der Waals surface area (Å²) in [4.78, 5) is 0. The van der Waals surface area contributed by atoms with Gasteiger partial charge in [0.2, 0.25) is 0 Å². The van der Waals surface area contributed by atoms with Crippen LogP contribution in [0.4, 0.5) is 0 Å². The van der Waals surface area contributed by atoms with Crippen molar-refractivity contribution in [3.63, 3.8) is 0 Å². The van der Waals surface area contributed by atoms with E-state index in [1.54, 1.807) is 0 Å². The van der Waals surface area contributed by atoms with Crippen LogP contribution in [-0.2, 0) is 0 Å². The lowest BCUT2D eigenvalue weighted by molar-refractivity contribution is 1.22. The fraction of sp³-hybridized carbons (Fsp3) is 0.182. The fourth-order valence-corrected chi connectivity index (χ4v) is 0.928. The van der Waals surface area contributed by atoms with E-state index in [-0.39, 0.29) is 0 Å². The van der Waals surface area contributed by atoms with Crippen molar-refractivity contribution in [2.75, 3.05) is 0 Å². The van der Waals surface area contributed by atoms with Gasteiger partial charge in [0.05, 0.1) is 0 Å². The third kappa shape index (κ3) is 1.94. The lowest BCUT2D eigenvalue weighted by atomic mass is 9.97. The van der Waals surface area contributed by atoms with E-state index >= 15 is 0 Å². The summed E-state index contributed by atoms with van der Waals surface area (Å²) in [6.45, 7) is 8.14. The Morgan fingerprint density at radius 3 is 2.09 bits per heavy atom. The second-order valence-electron chi connectivity index (χ2n) is 2.84. The van der Waals surface area contributed by atoms with E-state index in [9.17, 15) is 0 Å². The van der Waals surface area contributed by atoms with Crippen molar-refractivity contribution >= 4 is 5.57 Å². The molecule has 0 aliphatic rings. The molecule has 1 aromatic rings. The van der Waals surface area contributed by atoms with E-state index in [1.807, 2.05) is 18.2 Å². The minimum Gasteiger partial charge on any atom is -0.0947 e. The van der Waals surface area contributed by atoms with Gasteiger partial charge >= 0.3 is 0 Å². The van der Waals surface area contributed by atoms with Gasteiger partial charge in [-0.15, -0.1) is 0 Å². The molecule has 0 amide bonds. The van der Waals surface area contributed by atoms with Gasteiger partial charge in [-0.2, -0.15) is 0 Å². The lowest BCUT2D eigenvalue weighted by Crippen LogP contribution is -1.88. The number of allylic oxidation sites excluding steroid dienone is 1. The highest BCUT2D eigenvalue weighted by Gasteiger charge is 2.01. The van der Waals surface area contributed by atoms with Crippen molar-refractivity contribution < 1.29 is 0 Å². The normalized spacial score (nSPS) is 10.1. The smallest absolute Gasteiger partial charge is 0.00120 e. The second kappa shape index (κ2) is 3.38. The standard InChI is InChI=1S/C11H13/c1-9(2)10(3)11-7-5-4-6-8-11/h4-8H,3H2,1-2H3. The van der Waals surface area contributed by atoms with Crippen LogP contribution in [0, 0.1) is 5.92 Å². The Balaban J connectivity index is 2.86. The molecule has 0 atom stereocenters. The van der Waals surface area contributed by atoms with E-state index < -0.39 is 0 Å². The van der Waals surface area contributed by atoms with Crippen molar-refractivity contribution in [2.24, 2.45) is 0 Å². The molecule has 1 aromatic carbocycles. The summed E-state index contributed by atoms with van der Waals surface area (Å²) in [5.41, 5.74) is 2.35. The summed E-state index contributed by atoms with van der Waals surface area (Å²) >= 11 is 0. The first-order chi connectivity index (χ1) is 5.22. The summed E-state index contributed by atoms with van der Waals surface area (Å²) < 4.78 is 0. The zero-order chi connectivity index (χ0) is 8.27. The number of hydrogen-bond donors (Lipinski definition) is 0. The molecule has 0 N–H and O–H groups in total. The Labute approximate surface area is 68.6 Å². The summed E-state index contributed by atoms with van der Waals surface area (Å²) in [7, 11) is 0. The molecule has 11 heavy (non-hydrogen) atoms. The van der Waals surface area contributed by atoms with Gasteiger partial charge < -0.3 is 0 Å². The Bertz CT molecular complexity index is 231. The zero-order valence-corrected chi connectivity index (χ0v) is 7.09. The predicted octanol–water partition coefficient (Wildman–Crippen LogP) is 3.31. The molecule has 0 saturated heterocycles. The second-order valence-corrected chi connectivity index (χ2v) is 2.84. The predicted molar refractivity (Wildman–Crippen MR) is 50.1 cm³/mol. The zero-order valence-electron chi connectivity index (χ0n) is 7.09. The largest absolute Gasteiger partial charge is 0.0947 e. The Morgan fingerprint density at radius 1 is 1.09 bits per heavy atom. The van der Waals surface area contributed by atoms with Crippen molar-refractivity contribution in [2.45, 2.75) is 13.8 Å². The van der Waals surface area contributed by atoms with Gasteiger partial charge in [0, 0.05) is 0 Å². The van der Waals surface area contributed by atoms with Crippen LogP contribution in [0.3, 0.4) is 0 Å². The molecule has 0 saturated carbocycles. The molecule has 0 fully saturated rings. The average molecular weight is 145 g/mol. The summed E-state index contributed by atoms with van der Waals surface area (Å²) in [6.07, 6.45) is 0. The van der Waals surface area contributed by atoms with E-state index in [0.29, 0.717) is 0 Å². The number of hydrogen-bond acceptors (Lipinski definition) is 0. The molecule has 0 spiro atoms. The fourth-order valence-electron chi connectivity index (χ4n) is 0.928. The summed E-state index contributed by atoms with van der Waals surface area (Å²) in [5.74, 6) is 1.27. The van der Waals surface area contributed by atoms with Crippen LogP contribution in [0.5, 0.6) is 0 Å². The first kappa shape index (κ1) is 8.06. The summed E-state index contributed by atoms with van der Waals surface area (Å²) in [6, 6.07) is 10.2. The Kier molecular flexibility index (Phi) is 2.48. The maximum absolute atomic E-state index is 3.99. The van der Waals surface area contributed by atoms with Crippen LogP contribution in [-0.4, -0.2) is 0 Å². The molecule has 57 valence electrons. The molecule has 1 radical (unpaired) electrons. The van der Waals surface area contributed by atoms with Crippen LogP contribution in [0.25, 0.3) is 5.57 Å². The van der Waals surface area contributed by atoms with E-state index in [0.717, 1.165) is 5.57 Å². The van der Waals surface area contributed by atoms with E-state index in [1.165, 1.54) is 11.5 Å². The Morgan fingerprint density at radius 2 is 1.64 bits per heavy atom. The maximum atomic E-state index is 3.99.